The number of nitrogens with one attached hydrogen (secondary N) is 1. The lowest BCUT2D eigenvalue weighted by Gasteiger charge is -2.03. The Labute approximate surface area is 107 Å². The van der Waals surface area contributed by atoms with Crippen LogP contribution in [0.1, 0.15) is 10.4 Å². The molecule has 0 saturated carbocycles. The first-order valence-electron chi connectivity index (χ1n) is 4.07. The Kier molecular flexibility index (Phi) is 4.63. The van der Waals surface area contributed by atoms with Crippen molar-refractivity contribution >= 4 is 40.7 Å². The molecule has 0 aromatic heterocycles. The van der Waals surface area contributed by atoms with Crippen LogP contribution in [0.15, 0.2) is 34.5 Å². The molecule has 0 unspecified atom stereocenters. The van der Waals surface area contributed by atoms with Crippen molar-refractivity contribution in [1.82, 2.24) is 5.32 Å². The van der Waals surface area contributed by atoms with E-state index in [0.29, 0.717) is 10.6 Å². The largest absolute Gasteiger partial charge is 0.311 e. The Balaban J connectivity index is 2.90. The average Bonchev–Trinajstić information content (AvgIpc) is 2.25. The van der Waals surface area contributed by atoms with Crippen molar-refractivity contribution in [2.75, 3.05) is 0 Å². The Hall–Kier alpha value is -1.21. The number of carbonyl (C=O) groups is 1. The average molecular weight is 276 g/mol. The van der Waals surface area contributed by atoms with E-state index < -0.39 is 5.91 Å². The molecule has 3 nitrogen and oxygen atoms in total. The quantitative estimate of drug-likeness (QED) is 0.842. The second kappa shape index (κ2) is 5.76. The summed E-state index contributed by atoms with van der Waals surface area (Å²) in [5.74, 6) is -0.502. The van der Waals surface area contributed by atoms with Crippen LogP contribution in [0.3, 0.4) is 0 Å². The summed E-state index contributed by atoms with van der Waals surface area (Å²) in [6, 6.07) is 7.94. The molecule has 0 aliphatic rings. The minimum absolute atomic E-state index is 0.201. The van der Waals surface area contributed by atoms with Gasteiger partial charge in [-0.3, -0.25) is 4.79 Å². The first-order valence-corrected chi connectivity index (χ1v) is 5.20. The van der Waals surface area contributed by atoms with Crippen LogP contribution in [-0.2, 0) is 0 Å². The summed E-state index contributed by atoms with van der Waals surface area (Å²) in [4.78, 5) is 11.6. The van der Waals surface area contributed by atoms with Gasteiger partial charge in [0.15, 0.2) is 5.70 Å². The van der Waals surface area contributed by atoms with Gasteiger partial charge in [0.1, 0.15) is 10.6 Å². The van der Waals surface area contributed by atoms with Crippen LogP contribution in [0.25, 0.3) is 0 Å². The van der Waals surface area contributed by atoms with Crippen molar-refractivity contribution in [2.24, 2.45) is 0 Å². The predicted molar refractivity (Wildman–Crippen MR) is 63.3 cm³/mol. The van der Waals surface area contributed by atoms with Crippen LogP contribution in [0.2, 0.25) is 5.02 Å². The van der Waals surface area contributed by atoms with E-state index in [0.717, 1.165) is 0 Å². The number of nitrogens with zero attached hydrogens (tertiary/aromatic N) is 1. The summed E-state index contributed by atoms with van der Waals surface area (Å²) >= 11 is 16.5. The zero-order valence-corrected chi connectivity index (χ0v) is 10.1. The fourth-order valence-corrected chi connectivity index (χ4v) is 1.30. The third-order valence-electron chi connectivity index (χ3n) is 1.63. The van der Waals surface area contributed by atoms with Gasteiger partial charge < -0.3 is 5.32 Å². The smallest absolute Gasteiger partial charge is 0.256 e. The molecule has 82 valence electrons. The maximum atomic E-state index is 11.6. The number of amides is 1. The molecular weight excluding hydrogens is 270 g/mol. The standard InChI is InChI=1S/C10H5Cl3N2O/c11-7-3-1-2-6(4-7)10(16)15-8(5-14)9(12)13/h1-4H,(H,15,16). The molecule has 1 N–H and O–H groups in total. The van der Waals surface area contributed by atoms with Crippen molar-refractivity contribution in [3.63, 3.8) is 0 Å². The Morgan fingerprint density at radius 3 is 2.56 bits per heavy atom. The summed E-state index contributed by atoms with van der Waals surface area (Å²) < 4.78 is -0.294. The molecule has 0 fully saturated rings. The second-order valence-corrected chi connectivity index (χ2v) is 4.10. The maximum Gasteiger partial charge on any atom is 0.256 e. The maximum absolute atomic E-state index is 11.6. The molecular formula is C10H5Cl3N2O. The number of hydrogen-bond acceptors (Lipinski definition) is 2. The minimum atomic E-state index is -0.502. The van der Waals surface area contributed by atoms with Crippen molar-refractivity contribution in [1.29, 1.82) is 5.26 Å². The third-order valence-corrected chi connectivity index (χ3v) is 2.24. The highest BCUT2D eigenvalue weighted by atomic mass is 35.5. The number of nitriles is 1. The number of halogens is 3. The summed E-state index contributed by atoms with van der Waals surface area (Å²) in [6.07, 6.45) is 0. The first-order chi connectivity index (χ1) is 7.54. The molecule has 0 atom stereocenters. The zero-order valence-electron chi connectivity index (χ0n) is 7.80. The fraction of sp³-hybridized carbons (Fsp3) is 0. The van der Waals surface area contributed by atoms with Crippen LogP contribution < -0.4 is 5.32 Å². The normalized spacial score (nSPS) is 9.12. The van der Waals surface area contributed by atoms with Crippen LogP contribution in [0.4, 0.5) is 0 Å². The van der Waals surface area contributed by atoms with Crippen molar-refractivity contribution in [3.8, 4) is 6.07 Å². The van der Waals surface area contributed by atoms with E-state index in [2.05, 4.69) is 5.32 Å². The molecule has 0 radical (unpaired) electrons. The van der Waals surface area contributed by atoms with Gasteiger partial charge in [0.25, 0.3) is 5.91 Å². The highest BCUT2D eigenvalue weighted by Crippen LogP contribution is 2.14. The van der Waals surface area contributed by atoms with Crippen LogP contribution >= 0.6 is 34.8 Å². The molecule has 1 aromatic rings. The molecule has 0 aliphatic heterocycles. The van der Waals surface area contributed by atoms with Gasteiger partial charge in [-0.2, -0.15) is 5.26 Å². The number of carbonyl (C=O) groups excluding carboxylic acids is 1. The summed E-state index contributed by atoms with van der Waals surface area (Å²) in [7, 11) is 0. The van der Waals surface area contributed by atoms with Gasteiger partial charge >= 0.3 is 0 Å². The number of benzene rings is 1. The highest BCUT2D eigenvalue weighted by molar-refractivity contribution is 6.56. The molecule has 0 aliphatic carbocycles. The van der Waals surface area contributed by atoms with Gasteiger partial charge in [0.05, 0.1) is 0 Å². The SMILES string of the molecule is N#CC(NC(=O)c1cccc(Cl)c1)=C(Cl)Cl. The van der Waals surface area contributed by atoms with Crippen LogP contribution in [0, 0.1) is 11.3 Å². The number of hydrogen-bond donors (Lipinski definition) is 1. The van der Waals surface area contributed by atoms with E-state index >= 15 is 0 Å². The molecule has 16 heavy (non-hydrogen) atoms. The molecule has 0 heterocycles. The van der Waals surface area contributed by atoms with E-state index in [9.17, 15) is 4.79 Å². The van der Waals surface area contributed by atoms with Crippen molar-refractivity contribution in [3.05, 3.63) is 45.0 Å². The van der Waals surface area contributed by atoms with Crippen molar-refractivity contribution < 1.29 is 4.79 Å². The van der Waals surface area contributed by atoms with Gasteiger partial charge in [0, 0.05) is 10.6 Å². The van der Waals surface area contributed by atoms with Gasteiger partial charge in [0.2, 0.25) is 0 Å². The Morgan fingerprint density at radius 1 is 1.38 bits per heavy atom. The van der Waals surface area contributed by atoms with Gasteiger partial charge in [-0.05, 0) is 18.2 Å². The summed E-state index contributed by atoms with van der Waals surface area (Å²) in [5, 5.41) is 11.3. The van der Waals surface area contributed by atoms with E-state index in [4.69, 9.17) is 40.1 Å². The first kappa shape index (κ1) is 12.9. The number of rotatable bonds is 2. The zero-order chi connectivity index (χ0) is 12.1. The number of allylic oxidation sites excluding steroid dienone is 1. The van der Waals surface area contributed by atoms with Crippen LogP contribution in [-0.4, -0.2) is 5.91 Å². The highest BCUT2D eigenvalue weighted by Gasteiger charge is 2.10. The predicted octanol–water partition coefficient (Wildman–Crippen LogP) is 3.24. The molecule has 0 bridgehead atoms. The molecule has 0 saturated heterocycles. The van der Waals surface area contributed by atoms with Crippen LogP contribution in [0.5, 0.6) is 0 Å². The fourth-order valence-electron chi connectivity index (χ4n) is 0.933. The molecule has 1 amide bonds. The molecule has 6 heteroatoms. The second-order valence-electron chi connectivity index (χ2n) is 2.71. The lowest BCUT2D eigenvalue weighted by atomic mass is 10.2. The summed E-state index contributed by atoms with van der Waals surface area (Å²) in [5.41, 5.74) is 0.114. The third kappa shape index (κ3) is 3.42. The van der Waals surface area contributed by atoms with Gasteiger partial charge in [-0.15, -0.1) is 0 Å². The van der Waals surface area contributed by atoms with E-state index in [1.165, 1.54) is 6.07 Å². The minimum Gasteiger partial charge on any atom is -0.311 e. The van der Waals surface area contributed by atoms with Gasteiger partial charge in [-0.1, -0.05) is 40.9 Å². The topological polar surface area (TPSA) is 52.9 Å². The summed E-state index contributed by atoms with van der Waals surface area (Å²) in [6.45, 7) is 0. The molecule has 1 aromatic carbocycles. The molecule has 0 spiro atoms. The Bertz CT molecular complexity index is 487. The lowest BCUT2D eigenvalue weighted by Crippen LogP contribution is -2.22. The van der Waals surface area contributed by atoms with E-state index in [1.807, 2.05) is 0 Å². The Morgan fingerprint density at radius 2 is 2.06 bits per heavy atom. The van der Waals surface area contributed by atoms with Crippen molar-refractivity contribution in [2.45, 2.75) is 0 Å². The van der Waals surface area contributed by atoms with Gasteiger partial charge in [-0.25, -0.2) is 0 Å². The van der Waals surface area contributed by atoms with E-state index in [-0.39, 0.29) is 10.2 Å². The van der Waals surface area contributed by atoms with E-state index in [1.54, 1.807) is 24.3 Å². The monoisotopic (exact) mass is 274 g/mol. The lowest BCUT2D eigenvalue weighted by molar-refractivity contribution is 0.0967. The molecule has 1 rings (SSSR count).